The molecule has 4 fully saturated rings. The highest BCUT2D eigenvalue weighted by atomic mass is 32.2. The lowest BCUT2D eigenvalue weighted by atomic mass is 9.91. The first-order valence-electron chi connectivity index (χ1n) is 26.6. The SMILES string of the molecule is CC1(C)SCC(S(=O)(=O)c2cccnc2)[C@@H]1C(=O)N[C@@H](Cc1ccc(CC(=O)N2CCN(C(=O)OCC(=O)N3CCN(C(=O)Oc4ccc(CC(NC(=O)[C@H]5N(Oc6cccnc6)CSC5(C)C)C(=O)O)cc4)CC3)CC2)cc1)C(=O)O.O=S. The molecule has 29 heteroatoms. The van der Waals surface area contributed by atoms with Crippen LogP contribution in [0.2, 0.25) is 0 Å². The highest BCUT2D eigenvalue weighted by Gasteiger charge is 2.53. The van der Waals surface area contributed by atoms with E-state index in [1.807, 2.05) is 13.8 Å². The van der Waals surface area contributed by atoms with Crippen LogP contribution in [0.4, 0.5) is 9.59 Å². The number of carbonyl (C=O) groups excluding carboxylic acids is 6. The third-order valence-corrected chi connectivity index (χ3v) is 19.9. The van der Waals surface area contributed by atoms with Gasteiger partial charge in [-0.05, 0) is 80.8 Å². The van der Waals surface area contributed by atoms with E-state index in [1.54, 1.807) is 73.5 Å². The normalized spacial score (nSPS) is 20.0. The third-order valence-electron chi connectivity index (χ3n) is 14.7. The van der Waals surface area contributed by atoms with E-state index in [2.05, 4.69) is 33.1 Å². The highest BCUT2D eigenvalue weighted by Crippen LogP contribution is 2.47. The number of aliphatic carboxylic acids is 2. The van der Waals surface area contributed by atoms with E-state index < -0.39 is 97.1 Å². The number of nitrogens with one attached hydrogen (secondary N) is 2. The molecule has 4 saturated heterocycles. The number of carbonyl (C=O) groups is 8. The maximum absolute atomic E-state index is 13.7. The van der Waals surface area contributed by atoms with Crippen molar-refractivity contribution in [3.05, 3.63) is 114 Å². The Kier molecular flexibility index (Phi) is 21.7. The van der Waals surface area contributed by atoms with Crippen LogP contribution < -0.4 is 20.2 Å². The molecular formula is C55H65N9O16S4. The highest BCUT2D eigenvalue weighted by molar-refractivity contribution is 8.02. The van der Waals surface area contributed by atoms with Crippen LogP contribution in [0.25, 0.3) is 0 Å². The van der Waals surface area contributed by atoms with E-state index in [-0.39, 0.29) is 93.9 Å². The number of carboxylic acid groups (broad SMARTS) is 2. The Hall–Kier alpha value is -7.47. The number of sulfone groups is 1. The second kappa shape index (κ2) is 28.4. The summed E-state index contributed by atoms with van der Waals surface area (Å²) in [5, 5.41) is 25.8. The van der Waals surface area contributed by atoms with E-state index in [4.69, 9.17) is 18.5 Å². The summed E-state index contributed by atoms with van der Waals surface area (Å²) in [6.07, 6.45) is 4.32. The van der Waals surface area contributed by atoms with Crippen molar-refractivity contribution in [1.29, 1.82) is 0 Å². The number of pyridine rings is 2. The van der Waals surface area contributed by atoms with Crippen LogP contribution in [-0.2, 0) is 75.1 Å². The fraction of sp³-hybridized carbons (Fsp3) is 0.455. The van der Waals surface area contributed by atoms with Crippen LogP contribution in [0.3, 0.4) is 0 Å². The standard InChI is InChI=1S/C55H65N9O15S3.OS/c1-54(2)46(43(33-80-54)82(75,76)40-8-6-18-57-31-40)48(67)58-41(50(69)70)27-35-9-11-37(12-10-35)29-44(65)60-19-23-62(24-20-60)52(73)77-32-45(66)61-21-25-63(26-22-61)53(74)78-38-15-13-36(14-16-38)28-42(51(71)72)59-49(68)47-55(3,4)81-34-64(47)79-39-7-5-17-56-30-39;1-2/h5-18,30-31,41-43,46-47H,19-29,32-34H2,1-4H3,(H,58,67)(H,59,68)(H,69,70)(H,71,72);/t41-,42?,43?,46+,47+;/m0./s1. The molecule has 2 aromatic carbocycles. The van der Waals surface area contributed by atoms with Gasteiger partial charge in [0, 0.05) is 99.0 Å². The van der Waals surface area contributed by atoms with Crippen molar-refractivity contribution >= 4 is 93.6 Å². The molecule has 0 spiro atoms. The predicted octanol–water partition coefficient (Wildman–Crippen LogP) is 2.66. The van der Waals surface area contributed by atoms with Gasteiger partial charge in [-0.25, -0.2) is 27.6 Å². The van der Waals surface area contributed by atoms with Crippen LogP contribution >= 0.6 is 23.5 Å². The van der Waals surface area contributed by atoms with Crippen molar-refractivity contribution in [3.8, 4) is 11.5 Å². The molecule has 25 nitrogen and oxygen atoms in total. The maximum atomic E-state index is 13.7. The minimum Gasteiger partial charge on any atom is -0.480 e. The Morgan fingerprint density at radius 1 is 0.643 bits per heavy atom. The van der Waals surface area contributed by atoms with Gasteiger partial charge in [0.2, 0.25) is 17.7 Å². The molecule has 4 aliphatic rings. The number of benzene rings is 2. The topological polar surface area (TPSA) is 322 Å². The summed E-state index contributed by atoms with van der Waals surface area (Å²) in [6.45, 7) is 8.15. The van der Waals surface area contributed by atoms with Crippen molar-refractivity contribution in [1.82, 2.24) is 45.3 Å². The van der Waals surface area contributed by atoms with Gasteiger partial charge < -0.3 is 54.8 Å². The molecule has 6 amide bonds. The first-order chi connectivity index (χ1) is 40.0. The summed E-state index contributed by atoms with van der Waals surface area (Å²) in [5.41, 5.74) is 1.79. The lowest BCUT2D eigenvalue weighted by Gasteiger charge is -2.35. The average Bonchev–Trinajstić information content (AvgIpc) is 3.77. The number of hydrogen-bond acceptors (Lipinski definition) is 20. The van der Waals surface area contributed by atoms with Crippen molar-refractivity contribution in [2.24, 2.45) is 5.92 Å². The minimum absolute atomic E-state index is 0.0128. The van der Waals surface area contributed by atoms with Crippen LogP contribution in [0, 0.1) is 5.92 Å². The zero-order chi connectivity index (χ0) is 60.9. The zero-order valence-corrected chi connectivity index (χ0v) is 49.7. The minimum atomic E-state index is -3.96. The molecule has 0 saturated carbocycles. The van der Waals surface area contributed by atoms with Gasteiger partial charge in [-0.1, -0.05) is 36.4 Å². The second-order valence-corrected chi connectivity index (χ2v) is 26.6. The smallest absolute Gasteiger partial charge is 0.415 e. The Balaban J connectivity index is 0.00000501. The van der Waals surface area contributed by atoms with E-state index in [9.17, 15) is 57.0 Å². The first kappa shape index (κ1) is 64.1. The Labute approximate surface area is 498 Å². The number of amides is 6. The Bertz CT molecular complexity index is 3120. The van der Waals surface area contributed by atoms with E-state index in [0.29, 0.717) is 28.3 Å². The quantitative estimate of drug-likeness (QED) is 0.105. The monoisotopic (exact) mass is 1240 g/mol. The lowest BCUT2D eigenvalue weighted by Crippen LogP contribution is -2.56. The van der Waals surface area contributed by atoms with Crippen LogP contribution in [0.1, 0.15) is 44.4 Å². The fourth-order valence-corrected chi connectivity index (χ4v) is 15.0. The number of rotatable bonds is 19. The Morgan fingerprint density at radius 3 is 1.70 bits per heavy atom. The molecule has 0 aliphatic carbocycles. The van der Waals surface area contributed by atoms with E-state index in [0.717, 1.165) is 0 Å². The largest absolute Gasteiger partial charge is 0.480 e. The number of aromatic nitrogens is 2. The molecule has 4 N–H and O–H groups in total. The molecule has 4 aliphatic heterocycles. The fourth-order valence-electron chi connectivity index (χ4n) is 10.1. The van der Waals surface area contributed by atoms with Gasteiger partial charge in [0.25, 0.3) is 5.91 Å². The van der Waals surface area contributed by atoms with Crippen LogP contribution in [-0.4, -0.2) is 209 Å². The summed E-state index contributed by atoms with van der Waals surface area (Å²) in [7, 11) is -3.96. The molecule has 5 atom stereocenters. The number of piperazine rings is 2. The predicted molar refractivity (Wildman–Crippen MR) is 307 cm³/mol. The molecule has 8 rings (SSSR count). The van der Waals surface area contributed by atoms with Crippen molar-refractivity contribution in [2.45, 2.75) is 84.7 Å². The van der Waals surface area contributed by atoms with Gasteiger partial charge in [0.05, 0.1) is 34.6 Å². The summed E-state index contributed by atoms with van der Waals surface area (Å²) in [6, 6.07) is 15.9. The molecule has 6 heterocycles. The van der Waals surface area contributed by atoms with Crippen molar-refractivity contribution in [3.63, 3.8) is 0 Å². The number of carboxylic acids is 2. The van der Waals surface area contributed by atoms with Crippen molar-refractivity contribution < 1.29 is 75.5 Å². The number of nitrogens with zero attached hydrogens (tertiary/aromatic N) is 7. The average molecular weight is 1240 g/mol. The zero-order valence-electron chi connectivity index (χ0n) is 46.4. The van der Waals surface area contributed by atoms with Gasteiger partial charge in [-0.3, -0.25) is 29.1 Å². The van der Waals surface area contributed by atoms with Gasteiger partial charge in [0.15, 0.2) is 34.7 Å². The third kappa shape index (κ3) is 16.2. The number of hydroxylamine groups is 2. The van der Waals surface area contributed by atoms with E-state index in [1.165, 1.54) is 86.1 Å². The van der Waals surface area contributed by atoms with Crippen LogP contribution in [0.5, 0.6) is 11.5 Å². The van der Waals surface area contributed by atoms with Crippen molar-refractivity contribution in [2.75, 3.05) is 70.6 Å². The van der Waals surface area contributed by atoms with Gasteiger partial charge in [0.1, 0.15) is 23.9 Å². The molecule has 450 valence electrons. The second-order valence-electron chi connectivity index (χ2n) is 21.1. The van der Waals surface area contributed by atoms with Gasteiger partial charge >= 0.3 is 24.1 Å². The molecule has 0 radical (unpaired) electrons. The van der Waals surface area contributed by atoms with Crippen LogP contribution in [0.15, 0.2) is 102 Å². The molecule has 2 unspecified atom stereocenters. The Morgan fingerprint density at radius 2 is 1.15 bits per heavy atom. The number of hydrogen-bond donors (Lipinski definition) is 4. The molecular weight excluding hydrogens is 1170 g/mol. The first-order valence-corrected chi connectivity index (χ1v) is 30.4. The van der Waals surface area contributed by atoms with Gasteiger partial charge in [-0.2, -0.15) is 16.0 Å². The summed E-state index contributed by atoms with van der Waals surface area (Å²) < 4.78 is 44.5. The van der Waals surface area contributed by atoms with Gasteiger partial charge in [-0.15, -0.1) is 16.8 Å². The molecule has 84 heavy (non-hydrogen) atoms. The maximum Gasteiger partial charge on any atom is 0.415 e. The number of ether oxygens (including phenoxy) is 2. The molecule has 2 aromatic heterocycles. The summed E-state index contributed by atoms with van der Waals surface area (Å²) >= 11 is 5.66. The summed E-state index contributed by atoms with van der Waals surface area (Å²) in [4.78, 5) is 124. The van der Waals surface area contributed by atoms with E-state index >= 15 is 0 Å². The summed E-state index contributed by atoms with van der Waals surface area (Å²) in [5.74, 6) is -4.23. The number of thioether (sulfide) groups is 2. The molecule has 4 aromatic rings. The lowest BCUT2D eigenvalue weighted by molar-refractivity contribution is -0.148. The molecule has 0 bridgehead atoms.